The molecule has 1 aromatic carbocycles. The highest BCUT2D eigenvalue weighted by Gasteiger charge is 2.19. The lowest BCUT2D eigenvalue weighted by molar-refractivity contribution is -0.136. The van der Waals surface area contributed by atoms with Gasteiger partial charge in [-0.25, -0.2) is 8.42 Å². The molecule has 2 rings (SSSR count). The molecule has 0 aromatic heterocycles. The number of nitrogens with one attached hydrogen (secondary N) is 1. The van der Waals surface area contributed by atoms with E-state index in [1.165, 1.54) is 12.1 Å². The second kappa shape index (κ2) is 7.04. The van der Waals surface area contributed by atoms with Crippen LogP contribution in [0.3, 0.4) is 0 Å². The van der Waals surface area contributed by atoms with Gasteiger partial charge in [0.05, 0.1) is 17.1 Å². The molecule has 0 amide bonds. The van der Waals surface area contributed by atoms with E-state index in [1.54, 1.807) is 12.1 Å². The van der Waals surface area contributed by atoms with Crippen LogP contribution in [0.25, 0.3) is 0 Å². The zero-order valence-corrected chi connectivity index (χ0v) is 12.7. The van der Waals surface area contributed by atoms with Crippen molar-refractivity contribution in [2.75, 3.05) is 12.3 Å². The largest absolute Gasteiger partial charge is 0.481 e. The van der Waals surface area contributed by atoms with Crippen LogP contribution in [0.1, 0.15) is 31.2 Å². The van der Waals surface area contributed by atoms with Crippen molar-refractivity contribution in [1.82, 2.24) is 5.32 Å². The Morgan fingerprint density at radius 2 is 1.95 bits per heavy atom. The number of hydrogen-bond donors (Lipinski definition) is 2. The van der Waals surface area contributed by atoms with Crippen LogP contribution in [0.4, 0.5) is 0 Å². The first kappa shape index (κ1) is 16.0. The molecule has 21 heavy (non-hydrogen) atoms. The third kappa shape index (κ3) is 4.82. The number of carboxylic acid groups (broad SMARTS) is 1. The van der Waals surface area contributed by atoms with Crippen molar-refractivity contribution in [2.45, 2.75) is 43.0 Å². The Morgan fingerprint density at radius 1 is 1.24 bits per heavy atom. The number of carboxylic acids is 1. The minimum absolute atomic E-state index is 0.0910. The Hall–Kier alpha value is -1.40. The number of hydrogen-bond acceptors (Lipinski definition) is 4. The molecule has 1 heterocycles. The van der Waals surface area contributed by atoms with Gasteiger partial charge in [-0.05, 0) is 43.5 Å². The summed E-state index contributed by atoms with van der Waals surface area (Å²) in [5.74, 6) is -0.794. The Balaban J connectivity index is 1.96. The lowest BCUT2D eigenvalue weighted by atomic mass is 10.0. The Bertz CT molecular complexity index is 574. The fraction of sp³-hybridized carbons (Fsp3) is 0.533. The molecule has 0 spiro atoms. The number of aliphatic carboxylic acids is 1. The molecular weight excluding hydrogens is 290 g/mol. The summed E-state index contributed by atoms with van der Waals surface area (Å²) >= 11 is 0. The Kier molecular flexibility index (Phi) is 5.36. The molecule has 0 bridgehead atoms. The molecule has 0 saturated carbocycles. The molecule has 116 valence electrons. The van der Waals surface area contributed by atoms with Crippen molar-refractivity contribution >= 4 is 15.8 Å². The Labute approximate surface area is 125 Å². The molecular formula is C15H21NO4S. The van der Waals surface area contributed by atoms with Gasteiger partial charge in [-0.3, -0.25) is 4.79 Å². The highest BCUT2D eigenvalue weighted by molar-refractivity contribution is 7.91. The monoisotopic (exact) mass is 311 g/mol. The van der Waals surface area contributed by atoms with Crippen molar-refractivity contribution in [1.29, 1.82) is 0 Å². The van der Waals surface area contributed by atoms with Crippen molar-refractivity contribution < 1.29 is 18.3 Å². The third-order valence-corrected chi connectivity index (χ3v) is 5.55. The molecule has 6 heteroatoms. The van der Waals surface area contributed by atoms with Gasteiger partial charge < -0.3 is 10.4 Å². The lowest BCUT2D eigenvalue weighted by Crippen LogP contribution is -2.35. The summed E-state index contributed by atoms with van der Waals surface area (Å²) < 4.78 is 24.5. The van der Waals surface area contributed by atoms with Gasteiger partial charge in [0, 0.05) is 6.04 Å². The number of piperidine rings is 1. The van der Waals surface area contributed by atoms with Crippen LogP contribution in [0.15, 0.2) is 29.2 Å². The molecule has 1 saturated heterocycles. The van der Waals surface area contributed by atoms with E-state index in [2.05, 4.69) is 5.32 Å². The van der Waals surface area contributed by atoms with Gasteiger partial charge in [-0.2, -0.15) is 0 Å². The summed E-state index contributed by atoms with van der Waals surface area (Å²) in [5, 5.41) is 12.0. The summed E-state index contributed by atoms with van der Waals surface area (Å²) in [4.78, 5) is 10.9. The number of carbonyl (C=O) groups is 1. The maximum Gasteiger partial charge on any atom is 0.307 e. The van der Waals surface area contributed by atoms with Gasteiger partial charge in [-0.1, -0.05) is 18.6 Å². The zero-order chi connectivity index (χ0) is 15.3. The average Bonchev–Trinajstić information content (AvgIpc) is 2.46. The minimum Gasteiger partial charge on any atom is -0.481 e. The highest BCUT2D eigenvalue weighted by Crippen LogP contribution is 2.17. The van der Waals surface area contributed by atoms with Gasteiger partial charge >= 0.3 is 5.97 Å². The van der Waals surface area contributed by atoms with Crippen molar-refractivity contribution in [3.8, 4) is 0 Å². The second-order valence-corrected chi connectivity index (χ2v) is 7.58. The highest BCUT2D eigenvalue weighted by atomic mass is 32.2. The fourth-order valence-corrected chi connectivity index (χ4v) is 3.96. The molecule has 0 radical (unpaired) electrons. The fourth-order valence-electron chi connectivity index (χ4n) is 2.57. The van der Waals surface area contributed by atoms with Crippen LogP contribution in [0, 0.1) is 0 Å². The smallest absolute Gasteiger partial charge is 0.307 e. The SMILES string of the molecule is O=C(O)Cc1ccc(S(=O)(=O)CCC2CCCCN2)cc1. The minimum atomic E-state index is -3.29. The van der Waals surface area contributed by atoms with E-state index in [0.717, 1.165) is 25.8 Å². The van der Waals surface area contributed by atoms with Crippen LogP contribution in [0.2, 0.25) is 0 Å². The molecule has 1 aliphatic rings. The van der Waals surface area contributed by atoms with E-state index in [-0.39, 0.29) is 17.1 Å². The molecule has 5 nitrogen and oxygen atoms in total. The second-order valence-electron chi connectivity index (χ2n) is 5.47. The lowest BCUT2D eigenvalue weighted by Gasteiger charge is -2.23. The van der Waals surface area contributed by atoms with Gasteiger partial charge in [0.15, 0.2) is 9.84 Å². The normalized spacial score (nSPS) is 19.3. The first-order valence-corrected chi connectivity index (χ1v) is 8.89. The van der Waals surface area contributed by atoms with Crippen LogP contribution >= 0.6 is 0 Å². The summed E-state index contributed by atoms with van der Waals surface area (Å²) in [7, 11) is -3.29. The van der Waals surface area contributed by atoms with Gasteiger partial charge in [0.2, 0.25) is 0 Å². The van der Waals surface area contributed by atoms with Gasteiger partial charge in [0.1, 0.15) is 0 Å². The van der Waals surface area contributed by atoms with Gasteiger partial charge in [0.25, 0.3) is 0 Å². The standard InChI is InChI=1S/C15H21NO4S/c17-15(18)11-12-4-6-14(7-5-12)21(19,20)10-8-13-3-1-2-9-16-13/h4-7,13,16H,1-3,8-11H2,(H,17,18). The number of rotatable bonds is 6. The summed E-state index contributed by atoms with van der Waals surface area (Å²) in [6, 6.07) is 6.43. The van der Waals surface area contributed by atoms with E-state index in [9.17, 15) is 13.2 Å². The molecule has 1 atom stereocenters. The van der Waals surface area contributed by atoms with E-state index in [4.69, 9.17) is 5.11 Å². The van der Waals surface area contributed by atoms with E-state index >= 15 is 0 Å². The van der Waals surface area contributed by atoms with Crippen LogP contribution < -0.4 is 5.32 Å². The van der Waals surface area contributed by atoms with Gasteiger partial charge in [-0.15, -0.1) is 0 Å². The summed E-state index contributed by atoms with van der Waals surface area (Å²) in [5.41, 5.74) is 0.607. The topological polar surface area (TPSA) is 83.5 Å². The van der Waals surface area contributed by atoms with E-state index in [0.29, 0.717) is 18.0 Å². The molecule has 1 aromatic rings. The maximum atomic E-state index is 12.3. The predicted octanol–water partition coefficient (Wildman–Crippen LogP) is 1.62. The van der Waals surface area contributed by atoms with E-state index in [1.807, 2.05) is 0 Å². The zero-order valence-electron chi connectivity index (χ0n) is 11.9. The Morgan fingerprint density at radius 3 is 2.52 bits per heavy atom. The van der Waals surface area contributed by atoms with Crippen LogP contribution in [0.5, 0.6) is 0 Å². The molecule has 1 fully saturated rings. The quantitative estimate of drug-likeness (QED) is 0.834. The average molecular weight is 311 g/mol. The summed E-state index contributed by atoms with van der Waals surface area (Å²) in [6.07, 6.45) is 3.88. The van der Waals surface area contributed by atoms with E-state index < -0.39 is 15.8 Å². The van der Waals surface area contributed by atoms with Crippen LogP contribution in [-0.2, 0) is 21.1 Å². The molecule has 1 unspecified atom stereocenters. The van der Waals surface area contributed by atoms with Crippen molar-refractivity contribution in [3.05, 3.63) is 29.8 Å². The first-order valence-electron chi connectivity index (χ1n) is 7.24. The molecule has 1 aliphatic heterocycles. The first-order chi connectivity index (χ1) is 9.97. The maximum absolute atomic E-state index is 12.3. The van der Waals surface area contributed by atoms with Crippen molar-refractivity contribution in [2.24, 2.45) is 0 Å². The summed E-state index contributed by atoms with van der Waals surface area (Å²) in [6.45, 7) is 0.967. The predicted molar refractivity (Wildman–Crippen MR) is 80.1 cm³/mol. The van der Waals surface area contributed by atoms with Crippen LogP contribution in [-0.4, -0.2) is 37.8 Å². The third-order valence-electron chi connectivity index (χ3n) is 3.79. The van der Waals surface area contributed by atoms with Crippen molar-refractivity contribution in [3.63, 3.8) is 0 Å². The number of sulfone groups is 1. The molecule has 0 aliphatic carbocycles. The molecule has 2 N–H and O–H groups in total. The number of benzene rings is 1.